The van der Waals surface area contributed by atoms with E-state index in [0.29, 0.717) is 31.7 Å². The fraction of sp³-hybridized carbons (Fsp3) is 0.478. The zero-order chi connectivity index (χ0) is 22.9. The Bertz CT molecular complexity index is 1160. The minimum Gasteiger partial charge on any atom is -0.378 e. The number of para-hydroxylation sites is 2. The van der Waals surface area contributed by atoms with E-state index < -0.39 is 0 Å². The average Bonchev–Trinajstić information content (AvgIpc) is 3.18. The molecule has 5 rings (SSSR count). The van der Waals surface area contributed by atoms with Crippen LogP contribution in [0.15, 0.2) is 30.3 Å². The maximum absolute atomic E-state index is 11.9. The van der Waals surface area contributed by atoms with Crippen LogP contribution in [-0.4, -0.2) is 77.0 Å². The van der Waals surface area contributed by atoms with Gasteiger partial charge >= 0.3 is 0 Å². The van der Waals surface area contributed by atoms with Crippen LogP contribution in [0.4, 0.5) is 17.6 Å². The Hall–Kier alpha value is -3.24. The number of aromatic nitrogens is 4. The molecule has 0 aliphatic carbocycles. The van der Waals surface area contributed by atoms with Crippen molar-refractivity contribution in [3.8, 4) is 5.95 Å². The van der Waals surface area contributed by atoms with Gasteiger partial charge in [0.1, 0.15) is 11.6 Å². The predicted molar refractivity (Wildman–Crippen MR) is 126 cm³/mol. The zero-order valence-electron chi connectivity index (χ0n) is 19.2. The van der Waals surface area contributed by atoms with E-state index in [0.717, 1.165) is 42.3 Å². The van der Waals surface area contributed by atoms with E-state index in [1.807, 2.05) is 34.9 Å². The second-order valence-electron chi connectivity index (χ2n) is 8.43. The predicted octanol–water partition coefficient (Wildman–Crippen LogP) is 2.22. The quantitative estimate of drug-likeness (QED) is 0.645. The lowest BCUT2D eigenvalue weighted by Crippen LogP contribution is -2.49. The summed E-state index contributed by atoms with van der Waals surface area (Å²) in [6, 6.07) is 9.93. The third kappa shape index (κ3) is 4.23. The van der Waals surface area contributed by atoms with E-state index in [2.05, 4.69) is 33.9 Å². The molecular weight excluding hydrogens is 422 g/mol. The van der Waals surface area contributed by atoms with Crippen LogP contribution in [0.25, 0.3) is 17.0 Å². The normalized spacial score (nSPS) is 21.4. The van der Waals surface area contributed by atoms with Gasteiger partial charge in [-0.05, 0) is 26.0 Å². The molecule has 2 aliphatic heterocycles. The zero-order valence-corrected chi connectivity index (χ0v) is 19.2. The average molecular weight is 452 g/mol. The molecule has 3 aromatic rings. The van der Waals surface area contributed by atoms with Gasteiger partial charge in [-0.3, -0.25) is 10.1 Å². The molecule has 2 saturated heterocycles. The Morgan fingerprint density at radius 3 is 2.58 bits per heavy atom. The summed E-state index contributed by atoms with van der Waals surface area (Å²) >= 11 is 0. The molecule has 2 aliphatic rings. The van der Waals surface area contributed by atoms with Crippen molar-refractivity contribution in [3.05, 3.63) is 30.3 Å². The first kappa shape index (κ1) is 21.6. The fourth-order valence-electron chi connectivity index (χ4n) is 4.34. The first-order chi connectivity index (χ1) is 16.0. The monoisotopic (exact) mass is 451 g/mol. The van der Waals surface area contributed by atoms with Gasteiger partial charge in [-0.15, -0.1) is 0 Å². The summed E-state index contributed by atoms with van der Waals surface area (Å²) in [5.74, 6) is 2.33. The van der Waals surface area contributed by atoms with Gasteiger partial charge in [-0.25, -0.2) is 9.55 Å². The first-order valence-electron chi connectivity index (χ1n) is 11.4. The molecule has 174 valence electrons. The molecule has 0 radical (unpaired) electrons. The van der Waals surface area contributed by atoms with E-state index in [-0.39, 0.29) is 18.1 Å². The minimum atomic E-state index is -0.202. The number of hydrogen-bond acceptors (Lipinski definition) is 8. The van der Waals surface area contributed by atoms with E-state index in [1.54, 1.807) is 0 Å². The summed E-state index contributed by atoms with van der Waals surface area (Å²) in [4.78, 5) is 30.9. The van der Waals surface area contributed by atoms with Crippen molar-refractivity contribution in [2.45, 2.75) is 32.9 Å². The second kappa shape index (κ2) is 8.95. The lowest BCUT2D eigenvalue weighted by atomic mass is 10.1. The number of ether oxygens (including phenoxy) is 2. The van der Waals surface area contributed by atoms with Gasteiger partial charge in [-0.2, -0.15) is 9.97 Å². The molecule has 0 saturated carbocycles. The Morgan fingerprint density at radius 1 is 1.03 bits per heavy atom. The van der Waals surface area contributed by atoms with E-state index in [9.17, 15) is 4.79 Å². The van der Waals surface area contributed by atoms with Crippen molar-refractivity contribution in [2.24, 2.45) is 0 Å². The molecule has 10 heteroatoms. The van der Waals surface area contributed by atoms with Gasteiger partial charge in [0.2, 0.25) is 17.8 Å². The molecule has 2 fully saturated rings. The van der Waals surface area contributed by atoms with Crippen LogP contribution < -0.4 is 15.1 Å². The fourth-order valence-corrected chi connectivity index (χ4v) is 4.34. The maximum atomic E-state index is 11.9. The van der Waals surface area contributed by atoms with Gasteiger partial charge in [0, 0.05) is 32.6 Å². The first-order valence-corrected chi connectivity index (χ1v) is 11.4. The molecule has 10 nitrogen and oxygen atoms in total. The van der Waals surface area contributed by atoms with Gasteiger partial charge in [0.05, 0.1) is 43.0 Å². The van der Waals surface area contributed by atoms with Crippen molar-refractivity contribution >= 4 is 34.5 Å². The van der Waals surface area contributed by atoms with Crippen molar-refractivity contribution in [2.75, 3.05) is 54.6 Å². The lowest BCUT2D eigenvalue weighted by Gasteiger charge is -2.39. The van der Waals surface area contributed by atoms with Crippen LogP contribution in [0.1, 0.15) is 20.8 Å². The van der Waals surface area contributed by atoms with E-state index in [4.69, 9.17) is 19.4 Å². The van der Waals surface area contributed by atoms with Crippen molar-refractivity contribution in [1.82, 2.24) is 19.5 Å². The Morgan fingerprint density at radius 2 is 1.79 bits per heavy atom. The standard InChI is InChI=1S/C23H29N7O3/c1-15-16(2)33-13-10-29(15)21-14-20(28-8-11-32-12-9-28)26-23(27-21)30-19-7-5-4-6-18(19)25-22(30)24-17(3)31/h4-7,14-16H,8-13H2,1-3H3,(H,24,25,31)/t15-,16-/m0/s1. The summed E-state index contributed by atoms with van der Waals surface area (Å²) in [7, 11) is 0. The molecule has 0 bridgehead atoms. The highest BCUT2D eigenvalue weighted by atomic mass is 16.5. The van der Waals surface area contributed by atoms with Crippen LogP contribution in [0.3, 0.4) is 0 Å². The Balaban J connectivity index is 1.68. The van der Waals surface area contributed by atoms with Crippen LogP contribution in [-0.2, 0) is 14.3 Å². The molecule has 2 aromatic heterocycles. The molecule has 0 unspecified atom stereocenters. The number of anilines is 3. The SMILES string of the molecule is CC(=O)Nc1nc2ccccc2n1-c1nc(N2CCOCC2)cc(N2CCO[C@@H](C)[C@@H]2C)n1. The van der Waals surface area contributed by atoms with Gasteiger partial charge in [0.25, 0.3) is 0 Å². The molecule has 33 heavy (non-hydrogen) atoms. The topological polar surface area (TPSA) is 97.6 Å². The highest BCUT2D eigenvalue weighted by Gasteiger charge is 2.29. The van der Waals surface area contributed by atoms with Gasteiger partial charge in [0.15, 0.2) is 0 Å². The van der Waals surface area contributed by atoms with E-state index in [1.165, 1.54) is 6.92 Å². The molecule has 0 spiro atoms. The van der Waals surface area contributed by atoms with Crippen LogP contribution >= 0.6 is 0 Å². The molecule has 2 atom stereocenters. The smallest absolute Gasteiger partial charge is 0.241 e. The minimum absolute atomic E-state index is 0.0908. The van der Waals surface area contributed by atoms with Gasteiger partial charge in [-0.1, -0.05) is 12.1 Å². The molecule has 1 aromatic carbocycles. The van der Waals surface area contributed by atoms with E-state index >= 15 is 0 Å². The largest absolute Gasteiger partial charge is 0.378 e. The van der Waals surface area contributed by atoms with Crippen molar-refractivity contribution in [1.29, 1.82) is 0 Å². The molecule has 1 N–H and O–H groups in total. The Labute approximate surface area is 192 Å². The maximum Gasteiger partial charge on any atom is 0.241 e. The molecule has 4 heterocycles. The second-order valence-corrected chi connectivity index (χ2v) is 8.43. The van der Waals surface area contributed by atoms with Crippen LogP contribution in [0.5, 0.6) is 0 Å². The number of nitrogens with zero attached hydrogens (tertiary/aromatic N) is 6. The van der Waals surface area contributed by atoms with Crippen molar-refractivity contribution in [3.63, 3.8) is 0 Å². The third-order valence-corrected chi connectivity index (χ3v) is 6.25. The summed E-state index contributed by atoms with van der Waals surface area (Å²) in [5.41, 5.74) is 1.59. The summed E-state index contributed by atoms with van der Waals surface area (Å²) in [5, 5.41) is 2.84. The molecular formula is C23H29N7O3. The number of benzene rings is 1. The number of carbonyl (C=O) groups excluding carboxylic acids is 1. The number of nitrogens with one attached hydrogen (secondary N) is 1. The van der Waals surface area contributed by atoms with Crippen LogP contribution in [0.2, 0.25) is 0 Å². The number of fused-ring (bicyclic) bond motifs is 1. The lowest BCUT2D eigenvalue weighted by molar-refractivity contribution is -0.114. The van der Waals surface area contributed by atoms with Gasteiger partial charge < -0.3 is 19.3 Å². The highest BCUT2D eigenvalue weighted by molar-refractivity contribution is 5.90. The number of rotatable bonds is 4. The van der Waals surface area contributed by atoms with Crippen LogP contribution in [0, 0.1) is 0 Å². The number of amides is 1. The summed E-state index contributed by atoms with van der Waals surface area (Å²) in [6.45, 7) is 9.92. The Kier molecular flexibility index (Phi) is 5.86. The third-order valence-electron chi connectivity index (χ3n) is 6.25. The summed E-state index contributed by atoms with van der Waals surface area (Å²) < 4.78 is 13.2. The highest BCUT2D eigenvalue weighted by Crippen LogP contribution is 2.29. The number of morpholine rings is 2. The number of imidazole rings is 1. The van der Waals surface area contributed by atoms with Crippen molar-refractivity contribution < 1.29 is 14.3 Å². The molecule has 1 amide bonds. The number of carbonyl (C=O) groups is 1. The number of hydrogen-bond donors (Lipinski definition) is 1. The summed E-state index contributed by atoms with van der Waals surface area (Å²) in [6.07, 6.45) is 0.0908.